The van der Waals surface area contributed by atoms with Crippen molar-refractivity contribution in [2.24, 2.45) is 0 Å². The van der Waals surface area contributed by atoms with Crippen molar-refractivity contribution in [1.29, 1.82) is 0 Å². The Morgan fingerprint density at radius 2 is 1.17 bits per heavy atom. The molecule has 1 N–H and O–H groups in total. The molecule has 0 saturated heterocycles. The fourth-order valence-corrected chi connectivity index (χ4v) is 1.82. The summed E-state index contributed by atoms with van der Waals surface area (Å²) in [6, 6.07) is 0. The molecule has 106 valence electrons. The monoisotopic (exact) mass is 326 g/mol. The van der Waals surface area contributed by atoms with Gasteiger partial charge in [0.25, 0.3) is 5.97 Å². The van der Waals surface area contributed by atoms with Crippen LogP contribution in [0.15, 0.2) is 0 Å². The molecule has 0 aromatic carbocycles. The number of thiol groups is 1. The van der Waals surface area contributed by atoms with Crippen LogP contribution in [0.25, 0.3) is 0 Å². The summed E-state index contributed by atoms with van der Waals surface area (Å²) in [6.45, 7) is 3.36. The standard InChI is InChI=1S/C12H26S.C2H4O2.Zn/c1-2-3-4-5-6-7-8-9-10-11-12-13;1-2(3)4;/h13H,2-12H2,1H3;1H3,(H,3,4);. The number of unbranched alkanes of at least 4 members (excludes halogenated alkanes) is 9. The zero-order valence-electron chi connectivity index (χ0n) is 12.3. The van der Waals surface area contributed by atoms with Crippen LogP contribution < -0.4 is 0 Å². The van der Waals surface area contributed by atoms with E-state index < -0.39 is 5.97 Å². The van der Waals surface area contributed by atoms with Crippen molar-refractivity contribution < 1.29 is 29.4 Å². The quantitative estimate of drug-likeness (QED) is 0.339. The third-order valence-electron chi connectivity index (χ3n) is 2.51. The molecule has 0 aromatic heterocycles. The molecule has 0 heterocycles. The Morgan fingerprint density at radius 1 is 0.889 bits per heavy atom. The summed E-state index contributed by atoms with van der Waals surface area (Å²) in [6.07, 6.45) is 14.2. The number of aliphatic carboxylic acids is 1. The summed E-state index contributed by atoms with van der Waals surface area (Å²) < 4.78 is 0. The van der Waals surface area contributed by atoms with Gasteiger partial charge in [-0.25, -0.2) is 0 Å². The molecule has 0 fully saturated rings. The summed E-state index contributed by atoms with van der Waals surface area (Å²) >= 11 is 4.20. The molecule has 0 aromatic rings. The molecule has 0 spiro atoms. The molecule has 18 heavy (non-hydrogen) atoms. The zero-order chi connectivity index (χ0) is 13.4. The minimum atomic E-state index is -0.833. The molecule has 4 heteroatoms. The predicted molar refractivity (Wildman–Crippen MR) is 79.0 cm³/mol. The summed E-state index contributed by atoms with van der Waals surface area (Å²) in [7, 11) is 0. The maximum atomic E-state index is 9.00. The molecule has 0 aliphatic rings. The van der Waals surface area contributed by atoms with E-state index in [-0.39, 0.29) is 19.5 Å². The molecular formula is C14H30O2SZn. The first-order valence-corrected chi connectivity index (χ1v) is 7.58. The van der Waals surface area contributed by atoms with Crippen molar-refractivity contribution in [2.45, 2.75) is 78.1 Å². The summed E-state index contributed by atoms with van der Waals surface area (Å²) in [5.41, 5.74) is 0. The minimum absolute atomic E-state index is 0. The molecule has 0 atom stereocenters. The van der Waals surface area contributed by atoms with Crippen LogP contribution in [0.5, 0.6) is 0 Å². The normalized spacial score (nSPS) is 9.06. The smallest absolute Gasteiger partial charge is 0.300 e. The number of hydrogen-bond acceptors (Lipinski definition) is 2. The van der Waals surface area contributed by atoms with Gasteiger partial charge in [0, 0.05) is 26.4 Å². The Bertz CT molecular complexity index is 141. The first-order chi connectivity index (χ1) is 8.15. The van der Waals surface area contributed by atoms with Crippen LogP contribution in [0.4, 0.5) is 0 Å². The molecule has 2 nitrogen and oxygen atoms in total. The Kier molecular flexibility index (Phi) is 29.6. The number of carboxylic acids is 1. The molecular weight excluding hydrogens is 298 g/mol. The van der Waals surface area contributed by atoms with Crippen molar-refractivity contribution in [2.75, 3.05) is 5.75 Å². The van der Waals surface area contributed by atoms with Gasteiger partial charge in [-0.05, 0) is 12.2 Å². The van der Waals surface area contributed by atoms with E-state index in [2.05, 4.69) is 19.6 Å². The molecule has 0 rings (SSSR count). The van der Waals surface area contributed by atoms with Gasteiger partial charge in [-0.15, -0.1) is 0 Å². The van der Waals surface area contributed by atoms with E-state index >= 15 is 0 Å². The van der Waals surface area contributed by atoms with Crippen LogP contribution in [-0.2, 0) is 24.3 Å². The molecule has 0 saturated carbocycles. The van der Waals surface area contributed by atoms with Gasteiger partial charge in [-0.2, -0.15) is 12.6 Å². The van der Waals surface area contributed by atoms with E-state index in [0.717, 1.165) is 12.7 Å². The molecule has 0 radical (unpaired) electrons. The fourth-order valence-electron chi connectivity index (χ4n) is 1.60. The first-order valence-electron chi connectivity index (χ1n) is 6.95. The molecule has 0 bridgehead atoms. The van der Waals surface area contributed by atoms with E-state index in [1.807, 2.05) is 0 Å². The van der Waals surface area contributed by atoms with Gasteiger partial charge < -0.3 is 5.11 Å². The summed E-state index contributed by atoms with van der Waals surface area (Å²) in [5, 5.41) is 7.42. The third kappa shape index (κ3) is 36.0. The van der Waals surface area contributed by atoms with Gasteiger partial charge in [0.05, 0.1) is 0 Å². The van der Waals surface area contributed by atoms with Gasteiger partial charge in [0.2, 0.25) is 0 Å². The second-order valence-electron chi connectivity index (χ2n) is 4.42. The maximum absolute atomic E-state index is 9.00. The zero-order valence-corrected chi connectivity index (χ0v) is 16.1. The van der Waals surface area contributed by atoms with Gasteiger partial charge in [-0.1, -0.05) is 64.7 Å². The SMILES string of the molecule is CC(=O)O.CCCCCCCCCCCCS.[Zn]. The number of carboxylic acid groups (broad SMARTS) is 1. The van der Waals surface area contributed by atoms with Gasteiger partial charge >= 0.3 is 0 Å². The number of carbonyl (C=O) groups is 1. The molecule has 0 aliphatic carbocycles. The minimum Gasteiger partial charge on any atom is -0.481 e. The van der Waals surface area contributed by atoms with Crippen molar-refractivity contribution >= 4 is 18.6 Å². The molecule has 0 aliphatic heterocycles. The number of rotatable bonds is 10. The van der Waals surface area contributed by atoms with Crippen LogP contribution in [-0.4, -0.2) is 16.8 Å². The average molecular weight is 328 g/mol. The summed E-state index contributed by atoms with van der Waals surface area (Å²) in [4.78, 5) is 9.00. The van der Waals surface area contributed by atoms with Crippen molar-refractivity contribution in [1.82, 2.24) is 0 Å². The molecule has 0 amide bonds. The van der Waals surface area contributed by atoms with Crippen molar-refractivity contribution in [3.63, 3.8) is 0 Å². The number of hydrogen-bond donors (Lipinski definition) is 2. The Morgan fingerprint density at radius 3 is 1.44 bits per heavy atom. The second kappa shape index (κ2) is 22.6. The van der Waals surface area contributed by atoms with Crippen molar-refractivity contribution in [3.8, 4) is 0 Å². The maximum Gasteiger partial charge on any atom is 0.300 e. The van der Waals surface area contributed by atoms with E-state index in [9.17, 15) is 0 Å². The van der Waals surface area contributed by atoms with Crippen LogP contribution >= 0.6 is 12.6 Å². The Balaban J connectivity index is -0.000000392. The van der Waals surface area contributed by atoms with Gasteiger partial charge in [0.15, 0.2) is 0 Å². The largest absolute Gasteiger partial charge is 0.481 e. The topological polar surface area (TPSA) is 37.3 Å². The van der Waals surface area contributed by atoms with Gasteiger partial charge in [-0.3, -0.25) is 4.79 Å². The molecule has 0 unspecified atom stereocenters. The van der Waals surface area contributed by atoms with Crippen LogP contribution in [0.2, 0.25) is 0 Å². The average Bonchev–Trinajstić information content (AvgIpc) is 2.26. The van der Waals surface area contributed by atoms with E-state index in [1.165, 1.54) is 64.2 Å². The Labute approximate surface area is 131 Å². The van der Waals surface area contributed by atoms with Gasteiger partial charge in [0.1, 0.15) is 0 Å². The third-order valence-corrected chi connectivity index (χ3v) is 2.83. The van der Waals surface area contributed by atoms with Crippen LogP contribution in [0.1, 0.15) is 78.1 Å². The van der Waals surface area contributed by atoms with E-state index in [0.29, 0.717) is 0 Å². The first kappa shape index (κ1) is 23.5. The van der Waals surface area contributed by atoms with Crippen LogP contribution in [0.3, 0.4) is 0 Å². The predicted octanol–water partition coefficient (Wildman–Crippen LogP) is 4.93. The van der Waals surface area contributed by atoms with Crippen molar-refractivity contribution in [3.05, 3.63) is 0 Å². The summed E-state index contributed by atoms with van der Waals surface area (Å²) in [5.74, 6) is 0.233. The van der Waals surface area contributed by atoms with E-state index in [4.69, 9.17) is 9.90 Å². The Hall–Kier alpha value is 0.443. The van der Waals surface area contributed by atoms with Crippen LogP contribution in [0, 0.1) is 0 Å². The van der Waals surface area contributed by atoms with E-state index in [1.54, 1.807) is 0 Å². The second-order valence-corrected chi connectivity index (χ2v) is 4.87. The fraction of sp³-hybridized carbons (Fsp3) is 0.929.